The normalized spacial score (nSPS) is 10.9. The van der Waals surface area contributed by atoms with Gasteiger partial charge >= 0.3 is 0 Å². The Morgan fingerprint density at radius 3 is 2.13 bits per heavy atom. The molecule has 0 radical (unpaired) electrons. The summed E-state index contributed by atoms with van der Waals surface area (Å²) in [6.07, 6.45) is 13.9. The number of aromatic hydroxyl groups is 1. The summed E-state index contributed by atoms with van der Waals surface area (Å²) in [4.78, 5) is 0. The minimum Gasteiger partial charge on any atom is -0.504 e. The second kappa shape index (κ2) is 13.6. The summed E-state index contributed by atoms with van der Waals surface area (Å²) in [7, 11) is 1.59. The molecule has 0 bridgehead atoms. The fraction of sp³-hybridized carbons (Fsp3) is 0.700. The highest BCUT2D eigenvalue weighted by Gasteiger charge is 2.02. The second-order valence-corrected chi connectivity index (χ2v) is 7.35. The van der Waals surface area contributed by atoms with Gasteiger partial charge in [0.05, 0.1) is 7.11 Å². The van der Waals surface area contributed by atoms with E-state index in [2.05, 4.69) is 6.92 Å². The molecule has 0 fully saturated rings. The highest BCUT2D eigenvalue weighted by molar-refractivity contribution is 7.98. The fourth-order valence-electron chi connectivity index (χ4n) is 2.69. The van der Waals surface area contributed by atoms with Crippen LogP contribution in [0, 0.1) is 0 Å². The first-order valence-electron chi connectivity index (χ1n) is 9.21. The second-order valence-electron chi connectivity index (χ2n) is 6.24. The molecule has 1 aromatic carbocycles. The molecule has 0 aliphatic heterocycles. The van der Waals surface area contributed by atoms with Gasteiger partial charge in [-0.25, -0.2) is 0 Å². The van der Waals surface area contributed by atoms with Crippen LogP contribution in [0.3, 0.4) is 0 Å². The maximum Gasteiger partial charge on any atom is 0.160 e. The number of thioether (sulfide) groups is 1. The van der Waals surface area contributed by atoms with Crippen molar-refractivity contribution in [3.05, 3.63) is 23.8 Å². The van der Waals surface area contributed by atoms with E-state index in [-0.39, 0.29) is 5.75 Å². The predicted octanol–water partition coefficient (Wildman–Crippen LogP) is 6.55. The van der Waals surface area contributed by atoms with Gasteiger partial charge in [0.1, 0.15) is 0 Å². The molecule has 3 heteroatoms. The standard InChI is InChI=1S/C20H34O2S/c1-3-4-5-6-7-8-9-10-11-12-15-23-17-18-13-14-19(21)20(16-18)22-2/h13-14,16,21H,3-12,15,17H2,1-2H3. The molecule has 0 heterocycles. The van der Waals surface area contributed by atoms with Crippen LogP contribution in [-0.4, -0.2) is 18.0 Å². The lowest BCUT2D eigenvalue weighted by Crippen LogP contribution is -1.88. The molecule has 0 amide bonds. The third-order valence-corrected chi connectivity index (χ3v) is 5.27. The molecule has 1 N–H and O–H groups in total. The average molecular weight is 339 g/mol. The Bertz CT molecular complexity index is 407. The molecular formula is C20H34O2S. The van der Waals surface area contributed by atoms with E-state index in [0.29, 0.717) is 5.75 Å². The van der Waals surface area contributed by atoms with E-state index in [4.69, 9.17) is 4.74 Å². The first-order valence-corrected chi connectivity index (χ1v) is 10.4. The van der Waals surface area contributed by atoms with Crippen molar-refractivity contribution in [2.75, 3.05) is 12.9 Å². The molecule has 0 unspecified atom stereocenters. The van der Waals surface area contributed by atoms with Crippen LogP contribution in [0.1, 0.15) is 76.7 Å². The van der Waals surface area contributed by atoms with Crippen LogP contribution in [0.5, 0.6) is 11.5 Å². The number of hydrogen-bond donors (Lipinski definition) is 1. The zero-order chi connectivity index (χ0) is 16.8. The van der Waals surface area contributed by atoms with Crippen molar-refractivity contribution in [1.82, 2.24) is 0 Å². The number of phenolic OH excluding ortho intramolecular Hbond substituents is 1. The van der Waals surface area contributed by atoms with E-state index < -0.39 is 0 Å². The predicted molar refractivity (Wildman–Crippen MR) is 103 cm³/mol. The van der Waals surface area contributed by atoms with Crippen LogP contribution in [0.15, 0.2) is 18.2 Å². The van der Waals surface area contributed by atoms with Gasteiger partial charge in [-0.1, -0.05) is 70.8 Å². The molecule has 1 aromatic rings. The summed E-state index contributed by atoms with van der Waals surface area (Å²) < 4.78 is 5.14. The maximum atomic E-state index is 9.58. The summed E-state index contributed by atoms with van der Waals surface area (Å²) >= 11 is 1.97. The van der Waals surface area contributed by atoms with E-state index >= 15 is 0 Å². The summed E-state index contributed by atoms with van der Waals surface area (Å²) in [5.41, 5.74) is 1.22. The Kier molecular flexibility index (Phi) is 11.9. The van der Waals surface area contributed by atoms with E-state index in [9.17, 15) is 5.11 Å². The quantitative estimate of drug-likeness (QED) is 0.390. The summed E-state index contributed by atoms with van der Waals surface area (Å²) in [6.45, 7) is 2.27. The molecule has 0 saturated carbocycles. The van der Waals surface area contributed by atoms with E-state index in [1.54, 1.807) is 13.2 Å². The number of ether oxygens (including phenoxy) is 1. The van der Waals surface area contributed by atoms with Crippen molar-refractivity contribution in [2.45, 2.75) is 76.9 Å². The summed E-state index contributed by atoms with van der Waals surface area (Å²) in [6, 6.07) is 5.62. The fourth-order valence-corrected chi connectivity index (χ4v) is 3.66. The third-order valence-electron chi connectivity index (χ3n) is 4.16. The van der Waals surface area contributed by atoms with Gasteiger partial charge in [0.2, 0.25) is 0 Å². The number of unbranched alkanes of at least 4 members (excludes halogenated alkanes) is 9. The lowest BCUT2D eigenvalue weighted by Gasteiger charge is -2.07. The number of hydrogen-bond acceptors (Lipinski definition) is 3. The molecule has 2 nitrogen and oxygen atoms in total. The molecule has 0 spiro atoms. The zero-order valence-electron chi connectivity index (χ0n) is 15.0. The van der Waals surface area contributed by atoms with Gasteiger partial charge < -0.3 is 9.84 Å². The van der Waals surface area contributed by atoms with Crippen LogP contribution in [0.4, 0.5) is 0 Å². The van der Waals surface area contributed by atoms with E-state index in [1.807, 2.05) is 23.9 Å². The van der Waals surface area contributed by atoms with Crippen LogP contribution in [0.25, 0.3) is 0 Å². The van der Waals surface area contributed by atoms with Crippen molar-refractivity contribution in [2.24, 2.45) is 0 Å². The lowest BCUT2D eigenvalue weighted by atomic mass is 10.1. The Labute approximate surface area is 147 Å². The van der Waals surface area contributed by atoms with Crippen LogP contribution in [-0.2, 0) is 5.75 Å². The van der Waals surface area contributed by atoms with Crippen LogP contribution >= 0.6 is 11.8 Å². The van der Waals surface area contributed by atoms with Crippen molar-refractivity contribution >= 4 is 11.8 Å². The molecule has 0 aliphatic carbocycles. The molecule has 0 aromatic heterocycles. The van der Waals surface area contributed by atoms with Crippen molar-refractivity contribution in [1.29, 1.82) is 0 Å². The first kappa shape index (κ1) is 20.2. The molecule has 0 atom stereocenters. The number of phenols is 1. The molecule has 0 saturated heterocycles. The van der Waals surface area contributed by atoms with Gasteiger partial charge in [0.15, 0.2) is 11.5 Å². The highest BCUT2D eigenvalue weighted by Crippen LogP contribution is 2.28. The minimum absolute atomic E-state index is 0.218. The van der Waals surface area contributed by atoms with Gasteiger partial charge in [-0.15, -0.1) is 0 Å². The zero-order valence-corrected chi connectivity index (χ0v) is 15.8. The molecule has 1 rings (SSSR count). The van der Waals surface area contributed by atoms with Crippen LogP contribution < -0.4 is 4.74 Å². The number of rotatable bonds is 14. The van der Waals surface area contributed by atoms with Crippen LogP contribution in [0.2, 0.25) is 0 Å². The van der Waals surface area contributed by atoms with Crippen molar-refractivity contribution in [3.8, 4) is 11.5 Å². The Hall–Kier alpha value is -0.830. The molecule has 23 heavy (non-hydrogen) atoms. The largest absolute Gasteiger partial charge is 0.504 e. The topological polar surface area (TPSA) is 29.5 Å². The first-order chi connectivity index (χ1) is 11.3. The third kappa shape index (κ3) is 9.80. The Balaban J connectivity index is 1.93. The van der Waals surface area contributed by atoms with E-state index in [0.717, 1.165) is 5.75 Å². The molecular weight excluding hydrogens is 304 g/mol. The Morgan fingerprint density at radius 2 is 1.52 bits per heavy atom. The highest BCUT2D eigenvalue weighted by atomic mass is 32.2. The maximum absolute atomic E-state index is 9.58. The monoisotopic (exact) mass is 338 g/mol. The van der Waals surface area contributed by atoms with Gasteiger partial charge in [0.25, 0.3) is 0 Å². The number of benzene rings is 1. The Morgan fingerprint density at radius 1 is 0.913 bits per heavy atom. The van der Waals surface area contributed by atoms with Gasteiger partial charge in [-0.2, -0.15) is 11.8 Å². The lowest BCUT2D eigenvalue weighted by molar-refractivity contribution is 0.373. The summed E-state index contributed by atoms with van der Waals surface area (Å²) in [5.74, 6) is 3.01. The SMILES string of the molecule is CCCCCCCCCCCCSCc1ccc(O)c(OC)c1. The van der Waals surface area contributed by atoms with E-state index in [1.165, 1.54) is 75.5 Å². The van der Waals surface area contributed by atoms with Gasteiger partial charge in [-0.3, -0.25) is 0 Å². The smallest absolute Gasteiger partial charge is 0.160 e. The average Bonchev–Trinajstić information content (AvgIpc) is 2.57. The minimum atomic E-state index is 0.218. The summed E-state index contributed by atoms with van der Waals surface area (Å²) in [5, 5.41) is 9.58. The molecule has 132 valence electrons. The number of methoxy groups -OCH3 is 1. The van der Waals surface area contributed by atoms with Crippen molar-refractivity contribution in [3.63, 3.8) is 0 Å². The van der Waals surface area contributed by atoms with Gasteiger partial charge in [-0.05, 0) is 29.9 Å². The molecule has 0 aliphatic rings. The van der Waals surface area contributed by atoms with Crippen molar-refractivity contribution < 1.29 is 9.84 Å². The van der Waals surface area contributed by atoms with Gasteiger partial charge in [0, 0.05) is 5.75 Å².